The minimum Gasteiger partial charge on any atom is -0.462 e. The lowest BCUT2D eigenvalue weighted by Gasteiger charge is -2.38. The summed E-state index contributed by atoms with van der Waals surface area (Å²) >= 11 is 0. The van der Waals surface area contributed by atoms with Crippen LogP contribution in [0.15, 0.2) is 53.2 Å². The van der Waals surface area contributed by atoms with E-state index in [1.165, 1.54) is 20.1 Å². The number of hydrogen-bond acceptors (Lipinski definition) is 9. The van der Waals surface area contributed by atoms with Gasteiger partial charge in [-0.3, -0.25) is 9.59 Å². The van der Waals surface area contributed by atoms with Crippen molar-refractivity contribution < 1.29 is 37.7 Å². The molecule has 0 radical (unpaired) electrons. The molecule has 0 aliphatic carbocycles. The largest absolute Gasteiger partial charge is 0.462 e. The Balaban J connectivity index is 1.31. The van der Waals surface area contributed by atoms with Crippen molar-refractivity contribution in [1.29, 1.82) is 0 Å². The van der Waals surface area contributed by atoms with Gasteiger partial charge in [-0.15, -0.1) is 0 Å². The fourth-order valence-electron chi connectivity index (χ4n) is 5.02. The molecule has 0 amide bonds. The standard InChI is InChI=1S/C29H37NO8/c1-19-11-23(9-10-33-16-22-7-5-4-6-8-22)37-24(12-19)13-25-14-26(36-21(3)32)15-28(38-25)27-17-35-29(30-27)18-34-20(2)31/h4-8,17,23-26,28H,1,9-16,18H2,2-3H3/t23-,24+,25+,26-,28+/m0/s1. The lowest BCUT2D eigenvalue weighted by atomic mass is 9.91. The highest BCUT2D eigenvalue weighted by molar-refractivity contribution is 5.66. The van der Waals surface area contributed by atoms with Crippen LogP contribution in [-0.2, 0) is 46.5 Å². The number of benzene rings is 1. The van der Waals surface area contributed by atoms with E-state index in [0.717, 1.165) is 30.4 Å². The van der Waals surface area contributed by atoms with E-state index in [1.807, 2.05) is 18.2 Å². The number of carbonyl (C=O) groups is 2. The Morgan fingerprint density at radius 3 is 2.55 bits per heavy atom. The van der Waals surface area contributed by atoms with Crippen LogP contribution in [0.3, 0.4) is 0 Å². The molecule has 9 nitrogen and oxygen atoms in total. The molecule has 0 unspecified atom stereocenters. The lowest BCUT2D eigenvalue weighted by Crippen LogP contribution is -2.38. The number of nitrogens with zero attached hydrogens (tertiary/aromatic N) is 1. The first-order valence-electron chi connectivity index (χ1n) is 13.2. The van der Waals surface area contributed by atoms with Gasteiger partial charge in [0.15, 0.2) is 6.61 Å². The molecule has 2 aliphatic heterocycles. The van der Waals surface area contributed by atoms with Crippen molar-refractivity contribution in [3.8, 4) is 0 Å². The van der Waals surface area contributed by atoms with Crippen LogP contribution in [0.4, 0.5) is 0 Å². The van der Waals surface area contributed by atoms with Gasteiger partial charge in [0, 0.05) is 39.7 Å². The van der Waals surface area contributed by atoms with Crippen molar-refractivity contribution in [3.05, 3.63) is 65.9 Å². The fraction of sp³-hybridized carbons (Fsp3) is 0.552. The number of ether oxygens (including phenoxy) is 5. The predicted molar refractivity (Wildman–Crippen MR) is 137 cm³/mol. The first-order chi connectivity index (χ1) is 18.3. The second-order valence-corrected chi connectivity index (χ2v) is 10.00. The summed E-state index contributed by atoms with van der Waals surface area (Å²) in [6, 6.07) is 10.1. The average Bonchev–Trinajstić information content (AvgIpc) is 3.34. The molecule has 9 heteroatoms. The Labute approximate surface area is 223 Å². The molecular formula is C29H37NO8. The molecular weight excluding hydrogens is 490 g/mol. The van der Waals surface area contributed by atoms with Gasteiger partial charge >= 0.3 is 11.9 Å². The molecule has 3 heterocycles. The summed E-state index contributed by atoms with van der Waals surface area (Å²) in [5, 5.41) is 0. The van der Waals surface area contributed by atoms with Crippen molar-refractivity contribution in [3.63, 3.8) is 0 Å². The van der Waals surface area contributed by atoms with Crippen molar-refractivity contribution in [2.45, 2.75) is 96.1 Å². The van der Waals surface area contributed by atoms with Gasteiger partial charge in [0.2, 0.25) is 5.89 Å². The summed E-state index contributed by atoms with van der Waals surface area (Å²) in [6.45, 7) is 8.12. The number of hydrogen-bond donors (Lipinski definition) is 0. The first kappa shape index (κ1) is 28.0. The number of esters is 2. The molecule has 0 N–H and O–H groups in total. The van der Waals surface area contributed by atoms with E-state index in [0.29, 0.717) is 38.2 Å². The molecule has 1 aromatic heterocycles. The van der Waals surface area contributed by atoms with Gasteiger partial charge in [-0.1, -0.05) is 42.5 Å². The summed E-state index contributed by atoms with van der Waals surface area (Å²) in [5.41, 5.74) is 2.89. The number of oxazole rings is 1. The van der Waals surface area contributed by atoms with Crippen LogP contribution in [0.5, 0.6) is 0 Å². The molecule has 0 bridgehead atoms. The maximum absolute atomic E-state index is 11.7. The number of rotatable bonds is 11. The van der Waals surface area contributed by atoms with Crippen LogP contribution in [0, 0.1) is 0 Å². The fourth-order valence-corrected chi connectivity index (χ4v) is 5.02. The highest BCUT2D eigenvalue weighted by Crippen LogP contribution is 2.36. The Morgan fingerprint density at radius 1 is 1.00 bits per heavy atom. The second-order valence-electron chi connectivity index (χ2n) is 10.00. The smallest absolute Gasteiger partial charge is 0.303 e. The van der Waals surface area contributed by atoms with Crippen LogP contribution in [-0.4, -0.2) is 47.9 Å². The summed E-state index contributed by atoms with van der Waals surface area (Å²) in [7, 11) is 0. The monoisotopic (exact) mass is 527 g/mol. The lowest BCUT2D eigenvalue weighted by molar-refractivity contribution is -0.164. The quantitative estimate of drug-likeness (QED) is 0.227. The summed E-state index contributed by atoms with van der Waals surface area (Å²) in [5.74, 6) is -0.457. The molecule has 2 saturated heterocycles. The Hall–Kier alpha value is -3.01. The normalized spacial score (nSPS) is 25.6. The van der Waals surface area contributed by atoms with Crippen molar-refractivity contribution in [2.75, 3.05) is 6.61 Å². The maximum Gasteiger partial charge on any atom is 0.303 e. The SMILES string of the molecule is C=C1C[C@H](C[C@@H]2C[C@H](OC(C)=O)C[C@H](c3coc(COC(C)=O)n3)O2)O[C@@H](CCOCc2ccccc2)C1. The van der Waals surface area contributed by atoms with E-state index in [4.69, 9.17) is 28.1 Å². The molecule has 206 valence electrons. The van der Waals surface area contributed by atoms with E-state index in [1.54, 1.807) is 0 Å². The van der Waals surface area contributed by atoms with Crippen LogP contribution in [0.2, 0.25) is 0 Å². The first-order valence-corrected chi connectivity index (χ1v) is 13.2. The minimum absolute atomic E-state index is 0.0417. The van der Waals surface area contributed by atoms with Crippen LogP contribution >= 0.6 is 0 Å². The summed E-state index contributed by atoms with van der Waals surface area (Å²) < 4.78 is 34.6. The zero-order valence-corrected chi connectivity index (χ0v) is 22.1. The van der Waals surface area contributed by atoms with Crippen molar-refractivity contribution >= 4 is 11.9 Å². The van der Waals surface area contributed by atoms with Gasteiger partial charge in [-0.05, 0) is 24.8 Å². The van der Waals surface area contributed by atoms with Gasteiger partial charge in [0.1, 0.15) is 24.2 Å². The van der Waals surface area contributed by atoms with E-state index >= 15 is 0 Å². The highest BCUT2D eigenvalue weighted by Gasteiger charge is 2.36. The van der Waals surface area contributed by atoms with Crippen LogP contribution in [0.1, 0.15) is 75.6 Å². The summed E-state index contributed by atoms with van der Waals surface area (Å²) in [4.78, 5) is 27.2. The second kappa shape index (κ2) is 13.7. The van der Waals surface area contributed by atoms with Gasteiger partial charge in [0.05, 0.1) is 24.9 Å². The summed E-state index contributed by atoms with van der Waals surface area (Å²) in [6.07, 6.45) is 4.64. The molecule has 2 aliphatic rings. The van der Waals surface area contributed by atoms with Gasteiger partial charge in [0.25, 0.3) is 0 Å². The van der Waals surface area contributed by atoms with E-state index in [-0.39, 0.29) is 42.9 Å². The van der Waals surface area contributed by atoms with E-state index < -0.39 is 12.1 Å². The third kappa shape index (κ3) is 8.79. The third-order valence-electron chi connectivity index (χ3n) is 6.63. The number of carbonyl (C=O) groups excluding carboxylic acids is 2. The van der Waals surface area contributed by atoms with Crippen LogP contribution < -0.4 is 0 Å². The van der Waals surface area contributed by atoms with E-state index in [9.17, 15) is 9.59 Å². The maximum atomic E-state index is 11.7. The third-order valence-corrected chi connectivity index (χ3v) is 6.63. The molecule has 2 aromatic rings. The Bertz CT molecular complexity index is 1070. The molecule has 0 saturated carbocycles. The molecule has 0 spiro atoms. The molecule has 38 heavy (non-hydrogen) atoms. The Kier molecular flexibility index (Phi) is 10.1. The molecule has 1 aromatic carbocycles. The topological polar surface area (TPSA) is 106 Å². The van der Waals surface area contributed by atoms with Gasteiger partial charge < -0.3 is 28.1 Å². The van der Waals surface area contributed by atoms with E-state index in [2.05, 4.69) is 23.7 Å². The highest BCUT2D eigenvalue weighted by atomic mass is 16.6. The predicted octanol–water partition coefficient (Wildman–Crippen LogP) is 4.99. The van der Waals surface area contributed by atoms with Gasteiger partial charge in [-0.25, -0.2) is 4.98 Å². The average molecular weight is 528 g/mol. The minimum atomic E-state index is -0.415. The van der Waals surface area contributed by atoms with Crippen molar-refractivity contribution in [1.82, 2.24) is 4.98 Å². The zero-order valence-electron chi connectivity index (χ0n) is 22.1. The van der Waals surface area contributed by atoms with Crippen molar-refractivity contribution in [2.24, 2.45) is 0 Å². The number of aromatic nitrogens is 1. The molecule has 4 rings (SSSR count). The van der Waals surface area contributed by atoms with Crippen LogP contribution in [0.25, 0.3) is 0 Å². The molecule has 5 atom stereocenters. The van der Waals surface area contributed by atoms with Gasteiger partial charge in [-0.2, -0.15) is 0 Å². The molecule has 2 fully saturated rings. The zero-order chi connectivity index (χ0) is 26.9. The Morgan fingerprint density at radius 2 is 1.79 bits per heavy atom.